The largest absolute Gasteiger partial charge is 0.330 e. The van der Waals surface area contributed by atoms with Gasteiger partial charge in [0.1, 0.15) is 5.82 Å². The van der Waals surface area contributed by atoms with Crippen molar-refractivity contribution in [1.29, 1.82) is 0 Å². The second-order valence-electron chi connectivity index (χ2n) is 1.82. The van der Waals surface area contributed by atoms with Crippen molar-refractivity contribution in [2.75, 3.05) is 6.54 Å². The minimum Gasteiger partial charge on any atom is -0.330 e. The Morgan fingerprint density at radius 2 is 2.67 bits per heavy atom. The van der Waals surface area contributed by atoms with Gasteiger partial charge in [0, 0.05) is 6.54 Å². The van der Waals surface area contributed by atoms with Crippen LogP contribution in [0.2, 0.25) is 0 Å². The number of imidazole rings is 1. The topological polar surface area (TPSA) is 42.8 Å². The Kier molecular flexibility index (Phi) is 2.13. The summed E-state index contributed by atoms with van der Waals surface area (Å²) in [4.78, 5) is 6.72. The maximum absolute atomic E-state index is 4.17. The first-order valence-electron chi connectivity index (χ1n) is 3.09. The smallest absolute Gasteiger partial charge is 0.144 e. The van der Waals surface area contributed by atoms with Crippen LogP contribution in [0.4, 0.5) is 5.82 Å². The van der Waals surface area contributed by atoms with Crippen LogP contribution in [0.1, 0.15) is 13.3 Å². The first kappa shape index (κ1) is 6.13. The Balaban J connectivity index is 2.30. The fraction of sp³-hybridized carbons (Fsp3) is 0.500. The molecule has 1 radical (unpaired) electrons. The van der Waals surface area contributed by atoms with E-state index in [1.807, 2.05) is 0 Å². The second kappa shape index (κ2) is 3.12. The van der Waals surface area contributed by atoms with E-state index in [9.17, 15) is 0 Å². The number of hydrogen-bond donors (Lipinski definition) is 1. The van der Waals surface area contributed by atoms with E-state index in [4.69, 9.17) is 0 Å². The lowest BCUT2D eigenvalue weighted by molar-refractivity contribution is 0.792. The van der Waals surface area contributed by atoms with Crippen LogP contribution in [0.5, 0.6) is 0 Å². The van der Waals surface area contributed by atoms with Crippen molar-refractivity contribution >= 4 is 5.82 Å². The van der Waals surface area contributed by atoms with Gasteiger partial charge >= 0.3 is 0 Å². The van der Waals surface area contributed by atoms with Crippen molar-refractivity contribution in [3.63, 3.8) is 0 Å². The predicted octanol–water partition coefficient (Wildman–Crippen LogP) is 1.06. The molecular formula is C6H10N3. The number of nitrogens with zero attached hydrogens (tertiary/aromatic N) is 2. The lowest BCUT2D eigenvalue weighted by Gasteiger charge is -1.92. The Morgan fingerprint density at radius 1 is 1.78 bits per heavy atom. The van der Waals surface area contributed by atoms with Crippen LogP contribution in [-0.4, -0.2) is 16.5 Å². The van der Waals surface area contributed by atoms with E-state index in [2.05, 4.69) is 22.2 Å². The van der Waals surface area contributed by atoms with Crippen molar-refractivity contribution in [3.8, 4) is 0 Å². The Labute approximate surface area is 54.5 Å². The van der Waals surface area contributed by atoms with E-state index in [0.717, 1.165) is 18.8 Å². The monoisotopic (exact) mass is 124 g/mol. The molecular weight excluding hydrogens is 114 g/mol. The van der Waals surface area contributed by atoms with E-state index in [1.165, 1.54) is 0 Å². The summed E-state index contributed by atoms with van der Waals surface area (Å²) in [5.74, 6) is 0.872. The summed E-state index contributed by atoms with van der Waals surface area (Å²) in [6.07, 6.45) is 4.43. The minimum atomic E-state index is 0.872. The molecule has 3 nitrogen and oxygen atoms in total. The molecule has 1 heterocycles. The highest BCUT2D eigenvalue weighted by Crippen LogP contribution is 1.96. The fourth-order valence-electron chi connectivity index (χ4n) is 0.567. The molecule has 1 rings (SSSR count). The molecule has 0 unspecified atom stereocenters. The van der Waals surface area contributed by atoms with Gasteiger partial charge in [0.05, 0.1) is 12.5 Å². The number of rotatable bonds is 3. The molecule has 1 N–H and O–H groups in total. The molecule has 0 bridgehead atoms. The van der Waals surface area contributed by atoms with E-state index in [1.54, 1.807) is 12.5 Å². The predicted molar refractivity (Wildman–Crippen MR) is 35.5 cm³/mol. The van der Waals surface area contributed by atoms with Gasteiger partial charge in [0.2, 0.25) is 0 Å². The van der Waals surface area contributed by atoms with Gasteiger partial charge in [-0.1, -0.05) is 6.92 Å². The third-order valence-corrected chi connectivity index (χ3v) is 0.990. The van der Waals surface area contributed by atoms with Crippen molar-refractivity contribution in [2.24, 2.45) is 0 Å². The summed E-state index contributed by atoms with van der Waals surface area (Å²) >= 11 is 0. The summed E-state index contributed by atoms with van der Waals surface area (Å²) in [5, 5.41) is 4.17. The number of aromatic amines is 1. The van der Waals surface area contributed by atoms with Crippen LogP contribution in [0.3, 0.4) is 0 Å². The normalized spacial score (nSPS) is 9.44. The fourth-order valence-corrected chi connectivity index (χ4v) is 0.567. The minimum absolute atomic E-state index is 0.872. The van der Waals surface area contributed by atoms with E-state index < -0.39 is 0 Å². The maximum Gasteiger partial charge on any atom is 0.144 e. The van der Waals surface area contributed by atoms with Crippen molar-refractivity contribution in [3.05, 3.63) is 12.5 Å². The summed E-state index contributed by atoms with van der Waals surface area (Å²) in [7, 11) is 0. The molecule has 0 aliphatic heterocycles. The molecule has 0 aliphatic carbocycles. The van der Waals surface area contributed by atoms with Crippen LogP contribution >= 0.6 is 0 Å². The van der Waals surface area contributed by atoms with Gasteiger partial charge in [-0.3, -0.25) is 5.32 Å². The van der Waals surface area contributed by atoms with Gasteiger partial charge in [-0.15, -0.1) is 0 Å². The Hall–Kier alpha value is -0.990. The average Bonchev–Trinajstić information content (AvgIpc) is 2.34. The number of H-pyrrole nitrogens is 1. The third kappa shape index (κ3) is 1.76. The zero-order valence-electron chi connectivity index (χ0n) is 5.46. The first-order valence-corrected chi connectivity index (χ1v) is 3.09. The Morgan fingerprint density at radius 3 is 3.22 bits per heavy atom. The lowest BCUT2D eigenvalue weighted by Crippen LogP contribution is -1.97. The molecule has 0 fully saturated rings. The molecule has 1 aromatic rings. The highest BCUT2D eigenvalue weighted by molar-refractivity contribution is 5.18. The van der Waals surface area contributed by atoms with E-state index in [0.29, 0.717) is 0 Å². The quantitative estimate of drug-likeness (QED) is 0.643. The van der Waals surface area contributed by atoms with Crippen molar-refractivity contribution < 1.29 is 0 Å². The average molecular weight is 124 g/mol. The molecule has 0 amide bonds. The molecule has 0 spiro atoms. The summed E-state index contributed by atoms with van der Waals surface area (Å²) < 4.78 is 0. The van der Waals surface area contributed by atoms with Gasteiger partial charge in [0.15, 0.2) is 0 Å². The number of hydrogen-bond acceptors (Lipinski definition) is 1. The number of aromatic nitrogens is 2. The van der Waals surface area contributed by atoms with Gasteiger partial charge in [0.25, 0.3) is 0 Å². The van der Waals surface area contributed by atoms with Crippen LogP contribution in [0, 0.1) is 0 Å². The van der Waals surface area contributed by atoms with Gasteiger partial charge in [-0.05, 0) is 6.42 Å². The third-order valence-electron chi connectivity index (χ3n) is 0.990. The molecule has 0 saturated heterocycles. The lowest BCUT2D eigenvalue weighted by atomic mass is 10.5. The van der Waals surface area contributed by atoms with Gasteiger partial charge < -0.3 is 4.98 Å². The number of nitrogens with one attached hydrogen (secondary N) is 1. The van der Waals surface area contributed by atoms with E-state index in [-0.39, 0.29) is 0 Å². The highest BCUT2D eigenvalue weighted by atomic mass is 15.0. The SMILES string of the molecule is CCC[N]c1cnc[nH]1. The van der Waals surface area contributed by atoms with Crippen LogP contribution < -0.4 is 5.32 Å². The van der Waals surface area contributed by atoms with Crippen molar-refractivity contribution in [1.82, 2.24) is 15.3 Å². The zero-order chi connectivity index (χ0) is 6.53. The summed E-state index contributed by atoms with van der Waals surface area (Å²) in [6, 6.07) is 0. The first-order chi connectivity index (χ1) is 4.43. The summed E-state index contributed by atoms with van der Waals surface area (Å²) in [6.45, 7) is 2.97. The second-order valence-corrected chi connectivity index (χ2v) is 1.82. The maximum atomic E-state index is 4.17. The highest BCUT2D eigenvalue weighted by Gasteiger charge is 1.89. The molecule has 0 atom stereocenters. The molecule has 0 aliphatic rings. The van der Waals surface area contributed by atoms with Crippen molar-refractivity contribution in [2.45, 2.75) is 13.3 Å². The Bertz CT molecular complexity index is 145. The molecule has 3 heteroatoms. The van der Waals surface area contributed by atoms with Crippen LogP contribution in [-0.2, 0) is 0 Å². The van der Waals surface area contributed by atoms with Gasteiger partial charge in [-0.25, -0.2) is 4.98 Å². The van der Waals surface area contributed by atoms with E-state index >= 15 is 0 Å². The molecule has 9 heavy (non-hydrogen) atoms. The standard InChI is InChI=1S/C6H10N3/c1-2-3-8-6-4-7-5-9-6/h4-5H,2-3H2,1H3,(H,7,9). The van der Waals surface area contributed by atoms with Gasteiger partial charge in [-0.2, -0.15) is 0 Å². The molecule has 49 valence electrons. The molecule has 1 aromatic heterocycles. The summed E-state index contributed by atoms with van der Waals surface area (Å²) in [5.41, 5.74) is 0. The molecule has 0 saturated carbocycles. The molecule has 0 aromatic carbocycles. The van der Waals surface area contributed by atoms with Crippen LogP contribution in [0.25, 0.3) is 0 Å². The zero-order valence-corrected chi connectivity index (χ0v) is 5.46. The van der Waals surface area contributed by atoms with Crippen LogP contribution in [0.15, 0.2) is 12.5 Å².